The van der Waals surface area contributed by atoms with E-state index in [0.717, 1.165) is 22.2 Å². The Kier molecular flexibility index (Phi) is 7.99. The molecule has 0 unspecified atom stereocenters. The molecule has 0 atom stereocenters. The first-order valence-corrected chi connectivity index (χ1v) is 12.5. The lowest BCUT2D eigenvalue weighted by molar-refractivity contribution is 0.0525. The fraction of sp³-hybridized carbons (Fsp3) is 0.357. The maximum atomic E-state index is 12.2. The van der Waals surface area contributed by atoms with Gasteiger partial charge in [0.1, 0.15) is 23.5 Å². The predicted octanol–water partition coefficient (Wildman–Crippen LogP) is 5.18. The van der Waals surface area contributed by atoms with Gasteiger partial charge in [0.2, 0.25) is 0 Å². The fourth-order valence-electron chi connectivity index (χ4n) is 3.92. The van der Waals surface area contributed by atoms with Gasteiger partial charge in [-0.1, -0.05) is 35.5 Å². The van der Waals surface area contributed by atoms with Crippen molar-refractivity contribution in [3.63, 3.8) is 0 Å². The molecular weight excluding hydrogens is 484 g/mol. The fourth-order valence-corrected chi connectivity index (χ4v) is 3.92. The molecular formula is C28H34N6O4. The van der Waals surface area contributed by atoms with E-state index in [4.69, 9.17) is 25.0 Å². The summed E-state index contributed by atoms with van der Waals surface area (Å²) in [7, 11) is 0. The number of carbonyl (C=O) groups excluding carboxylic acids is 1. The van der Waals surface area contributed by atoms with Gasteiger partial charge in [-0.05, 0) is 52.3 Å². The van der Waals surface area contributed by atoms with Gasteiger partial charge in [0.15, 0.2) is 18.2 Å². The molecule has 38 heavy (non-hydrogen) atoms. The van der Waals surface area contributed by atoms with Crippen LogP contribution >= 0.6 is 0 Å². The van der Waals surface area contributed by atoms with Gasteiger partial charge in [-0.25, -0.2) is 14.8 Å². The molecule has 0 aliphatic rings. The molecule has 10 heteroatoms. The molecule has 0 radical (unpaired) electrons. The van der Waals surface area contributed by atoms with Crippen LogP contribution < -0.4 is 15.8 Å². The smallest absolute Gasteiger partial charge is 0.407 e. The van der Waals surface area contributed by atoms with Crippen LogP contribution in [-0.4, -0.2) is 38.5 Å². The average molecular weight is 519 g/mol. The number of imidazole rings is 1. The molecule has 0 spiro atoms. The molecule has 10 nitrogen and oxygen atoms in total. The Morgan fingerprint density at radius 2 is 1.84 bits per heavy atom. The number of nitrogens with zero attached hydrogens (tertiary/aromatic N) is 4. The van der Waals surface area contributed by atoms with Crippen LogP contribution in [0.2, 0.25) is 0 Å². The molecule has 0 fully saturated rings. The summed E-state index contributed by atoms with van der Waals surface area (Å²) in [5.41, 5.74) is 9.66. The number of anilines is 1. The molecule has 200 valence electrons. The molecule has 1 amide bonds. The number of nitrogen functional groups attached to an aromatic ring is 1. The van der Waals surface area contributed by atoms with Crippen molar-refractivity contribution < 1.29 is 19.1 Å². The number of benzene rings is 2. The third-order valence-corrected chi connectivity index (χ3v) is 5.45. The van der Waals surface area contributed by atoms with Crippen molar-refractivity contribution in [3.05, 3.63) is 59.9 Å². The van der Waals surface area contributed by atoms with E-state index in [0.29, 0.717) is 48.1 Å². The van der Waals surface area contributed by atoms with E-state index in [1.54, 1.807) is 0 Å². The van der Waals surface area contributed by atoms with E-state index in [1.165, 1.54) is 0 Å². The van der Waals surface area contributed by atoms with Crippen molar-refractivity contribution in [1.29, 1.82) is 0 Å². The van der Waals surface area contributed by atoms with Gasteiger partial charge in [0, 0.05) is 24.5 Å². The number of rotatable bonds is 9. The molecule has 3 N–H and O–H groups in total. The number of carbonyl (C=O) groups is 1. The van der Waals surface area contributed by atoms with E-state index in [-0.39, 0.29) is 6.61 Å². The maximum absolute atomic E-state index is 12.2. The SMILES string of the molecule is CC(C)=NOCc1nc2c(N)nc3cc(OCc4ccccc4)ccc3c2n1CCNC(=O)OC(C)(C)C. The van der Waals surface area contributed by atoms with Gasteiger partial charge >= 0.3 is 6.09 Å². The highest BCUT2D eigenvalue weighted by molar-refractivity contribution is 6.07. The highest BCUT2D eigenvalue weighted by Crippen LogP contribution is 2.31. The minimum atomic E-state index is -0.586. The van der Waals surface area contributed by atoms with Crippen LogP contribution in [0.15, 0.2) is 53.7 Å². The summed E-state index contributed by atoms with van der Waals surface area (Å²) < 4.78 is 13.3. The maximum Gasteiger partial charge on any atom is 0.407 e. The van der Waals surface area contributed by atoms with Crippen molar-refractivity contribution in [2.24, 2.45) is 5.16 Å². The molecule has 0 saturated heterocycles. The van der Waals surface area contributed by atoms with Crippen molar-refractivity contribution >= 4 is 39.6 Å². The zero-order valence-corrected chi connectivity index (χ0v) is 22.4. The van der Waals surface area contributed by atoms with Gasteiger partial charge < -0.3 is 29.9 Å². The molecule has 2 aromatic carbocycles. The number of hydrogen-bond acceptors (Lipinski definition) is 8. The monoisotopic (exact) mass is 518 g/mol. The first-order chi connectivity index (χ1) is 18.1. The minimum absolute atomic E-state index is 0.130. The van der Waals surface area contributed by atoms with Crippen LogP contribution in [0.25, 0.3) is 21.9 Å². The van der Waals surface area contributed by atoms with E-state index in [1.807, 2.05) is 87.7 Å². The topological polar surface area (TPSA) is 126 Å². The number of nitrogens with one attached hydrogen (secondary N) is 1. The molecule has 0 aliphatic heterocycles. The lowest BCUT2D eigenvalue weighted by atomic mass is 10.1. The number of fused-ring (bicyclic) bond motifs is 3. The third kappa shape index (κ3) is 6.70. The predicted molar refractivity (Wildman–Crippen MR) is 148 cm³/mol. The second-order valence-electron chi connectivity index (χ2n) is 10.1. The average Bonchev–Trinajstić information content (AvgIpc) is 3.21. The van der Waals surface area contributed by atoms with Crippen LogP contribution in [0, 0.1) is 0 Å². The van der Waals surface area contributed by atoms with Gasteiger partial charge in [-0.2, -0.15) is 0 Å². The Hall–Kier alpha value is -4.34. The Bertz CT molecular complexity index is 1450. The molecule has 0 aliphatic carbocycles. The lowest BCUT2D eigenvalue weighted by Gasteiger charge is -2.20. The number of alkyl carbamates (subject to hydrolysis) is 1. The summed E-state index contributed by atoms with van der Waals surface area (Å²) in [5.74, 6) is 1.59. The standard InChI is InChI=1S/C28H34N6O4/c1-18(2)33-37-17-23-32-24-25(34(23)14-13-30-27(35)38-28(3,4)5)21-12-11-20(15-22(21)31-26(24)29)36-16-19-9-7-6-8-10-19/h6-12,15H,13-14,16-17H2,1-5H3,(H2,29,31)(H,30,35). The zero-order valence-electron chi connectivity index (χ0n) is 22.4. The minimum Gasteiger partial charge on any atom is -0.489 e. The first kappa shape index (κ1) is 26.7. The van der Waals surface area contributed by atoms with Crippen molar-refractivity contribution in [2.45, 2.75) is 60.0 Å². The molecule has 0 saturated carbocycles. The van der Waals surface area contributed by atoms with Crippen LogP contribution in [0.5, 0.6) is 5.75 Å². The molecule has 2 heterocycles. The largest absolute Gasteiger partial charge is 0.489 e. The summed E-state index contributed by atoms with van der Waals surface area (Å²) >= 11 is 0. The van der Waals surface area contributed by atoms with Crippen LogP contribution in [0.4, 0.5) is 10.6 Å². The Morgan fingerprint density at radius 1 is 1.08 bits per heavy atom. The number of amides is 1. The van der Waals surface area contributed by atoms with Crippen LogP contribution in [-0.2, 0) is 29.3 Å². The number of nitrogens with two attached hydrogens (primary N) is 1. The summed E-state index contributed by atoms with van der Waals surface area (Å²) in [6.07, 6.45) is -0.489. The van der Waals surface area contributed by atoms with Crippen molar-refractivity contribution in [1.82, 2.24) is 19.9 Å². The third-order valence-electron chi connectivity index (χ3n) is 5.45. The quantitative estimate of drug-likeness (QED) is 0.231. The molecule has 2 aromatic heterocycles. The molecule has 4 aromatic rings. The summed E-state index contributed by atoms with van der Waals surface area (Å²) in [6.45, 7) is 10.5. The number of oxime groups is 1. The Labute approximate surface area is 221 Å². The second-order valence-corrected chi connectivity index (χ2v) is 10.1. The normalized spacial score (nSPS) is 11.4. The first-order valence-electron chi connectivity index (χ1n) is 12.5. The number of aromatic nitrogens is 3. The van der Waals surface area contributed by atoms with Crippen molar-refractivity contribution in [2.75, 3.05) is 12.3 Å². The molecule has 0 bridgehead atoms. The Balaban J connectivity index is 1.66. The van der Waals surface area contributed by atoms with E-state index in [2.05, 4.69) is 15.5 Å². The van der Waals surface area contributed by atoms with Gasteiger partial charge in [0.05, 0.1) is 16.7 Å². The lowest BCUT2D eigenvalue weighted by Crippen LogP contribution is -2.34. The van der Waals surface area contributed by atoms with E-state index < -0.39 is 11.7 Å². The van der Waals surface area contributed by atoms with Crippen LogP contribution in [0.3, 0.4) is 0 Å². The van der Waals surface area contributed by atoms with Gasteiger partial charge in [0.25, 0.3) is 0 Å². The summed E-state index contributed by atoms with van der Waals surface area (Å²) in [5, 5.41) is 7.69. The number of pyridine rings is 1. The number of ether oxygens (including phenoxy) is 2. The molecule has 4 rings (SSSR count). The van der Waals surface area contributed by atoms with Gasteiger partial charge in [-0.3, -0.25) is 0 Å². The second kappa shape index (κ2) is 11.4. The highest BCUT2D eigenvalue weighted by atomic mass is 16.6. The van der Waals surface area contributed by atoms with Crippen molar-refractivity contribution in [3.8, 4) is 5.75 Å². The summed E-state index contributed by atoms with van der Waals surface area (Å²) in [6, 6.07) is 15.7. The van der Waals surface area contributed by atoms with Gasteiger partial charge in [-0.15, -0.1) is 0 Å². The van der Waals surface area contributed by atoms with E-state index in [9.17, 15) is 4.79 Å². The highest BCUT2D eigenvalue weighted by Gasteiger charge is 2.20. The Morgan fingerprint density at radius 3 is 2.55 bits per heavy atom. The zero-order chi connectivity index (χ0) is 27.3. The summed E-state index contributed by atoms with van der Waals surface area (Å²) in [4.78, 5) is 27.0. The number of hydrogen-bond donors (Lipinski definition) is 2. The van der Waals surface area contributed by atoms with E-state index >= 15 is 0 Å². The van der Waals surface area contributed by atoms with Crippen LogP contribution in [0.1, 0.15) is 46.0 Å².